The standard InChI is InChI=1S/C22H23N7O4/c23-15-4-3-12(6-14(15)13-2-1-5-24-8-13)7-25-20-17-21(27-10-26-20)29(11-28-17)22-19(32)18(31)16(9-30)33-22/h1-6,8,10-11,16,18-19,22,30-32H,7,9,23H2,(H,25,26,27)/t16-,18-,19-,22-/m1/s1. The van der Waals surface area contributed by atoms with E-state index in [1.54, 1.807) is 12.4 Å². The fourth-order valence-corrected chi connectivity index (χ4v) is 3.95. The predicted molar refractivity (Wildman–Crippen MR) is 120 cm³/mol. The summed E-state index contributed by atoms with van der Waals surface area (Å²) in [6.07, 6.45) is 2.07. The third-order valence-corrected chi connectivity index (χ3v) is 5.70. The summed E-state index contributed by atoms with van der Waals surface area (Å²) < 4.78 is 7.12. The van der Waals surface area contributed by atoms with Crippen molar-refractivity contribution < 1.29 is 20.1 Å². The second kappa shape index (κ2) is 8.71. The van der Waals surface area contributed by atoms with Crippen molar-refractivity contribution in [2.45, 2.75) is 31.1 Å². The highest BCUT2D eigenvalue weighted by atomic mass is 16.6. The van der Waals surface area contributed by atoms with E-state index in [2.05, 4.69) is 25.3 Å². The molecule has 4 atom stereocenters. The van der Waals surface area contributed by atoms with E-state index < -0.39 is 31.1 Å². The van der Waals surface area contributed by atoms with E-state index in [1.165, 1.54) is 17.2 Å². The van der Waals surface area contributed by atoms with Crippen LogP contribution in [0.1, 0.15) is 11.8 Å². The van der Waals surface area contributed by atoms with Crippen LogP contribution in [0.25, 0.3) is 22.3 Å². The lowest BCUT2D eigenvalue weighted by atomic mass is 10.0. The Hall–Kier alpha value is -3.64. The average Bonchev–Trinajstić information content (AvgIpc) is 3.40. The molecule has 0 bridgehead atoms. The number of aromatic nitrogens is 5. The second-order valence-electron chi connectivity index (χ2n) is 7.79. The number of imidazole rings is 1. The third-order valence-electron chi connectivity index (χ3n) is 5.70. The number of nitrogens with one attached hydrogen (secondary N) is 1. The van der Waals surface area contributed by atoms with Gasteiger partial charge in [-0.1, -0.05) is 12.1 Å². The quantitative estimate of drug-likeness (QED) is 0.265. The molecule has 1 aliphatic rings. The fraction of sp³-hybridized carbons (Fsp3) is 0.273. The summed E-state index contributed by atoms with van der Waals surface area (Å²) in [5.74, 6) is 0.505. The Morgan fingerprint density at radius 3 is 2.76 bits per heavy atom. The number of anilines is 2. The van der Waals surface area contributed by atoms with Crippen LogP contribution in [0.5, 0.6) is 0 Å². The zero-order valence-corrected chi connectivity index (χ0v) is 17.5. The minimum Gasteiger partial charge on any atom is -0.398 e. The molecule has 0 aliphatic carbocycles. The monoisotopic (exact) mass is 449 g/mol. The van der Waals surface area contributed by atoms with E-state index in [1.807, 2.05) is 30.3 Å². The average molecular weight is 449 g/mol. The molecule has 3 aromatic heterocycles. The molecule has 11 nitrogen and oxygen atoms in total. The van der Waals surface area contributed by atoms with Gasteiger partial charge in [0, 0.05) is 35.8 Å². The van der Waals surface area contributed by atoms with E-state index in [0.717, 1.165) is 16.7 Å². The fourth-order valence-electron chi connectivity index (χ4n) is 3.95. The summed E-state index contributed by atoms with van der Waals surface area (Å²) in [6, 6.07) is 9.59. The number of fused-ring (bicyclic) bond motifs is 1. The largest absolute Gasteiger partial charge is 0.398 e. The lowest BCUT2D eigenvalue weighted by Gasteiger charge is -2.16. The van der Waals surface area contributed by atoms with Crippen LogP contribution in [-0.2, 0) is 11.3 Å². The molecule has 0 saturated carbocycles. The van der Waals surface area contributed by atoms with Crippen molar-refractivity contribution in [2.75, 3.05) is 17.7 Å². The van der Waals surface area contributed by atoms with Crippen molar-refractivity contribution >= 4 is 22.7 Å². The van der Waals surface area contributed by atoms with E-state index in [0.29, 0.717) is 29.2 Å². The zero-order valence-electron chi connectivity index (χ0n) is 17.5. The van der Waals surface area contributed by atoms with Crippen molar-refractivity contribution in [3.05, 3.63) is 60.9 Å². The van der Waals surface area contributed by atoms with Gasteiger partial charge in [0.25, 0.3) is 0 Å². The molecule has 4 aromatic rings. The van der Waals surface area contributed by atoms with Crippen molar-refractivity contribution in [1.29, 1.82) is 0 Å². The van der Waals surface area contributed by atoms with Crippen LogP contribution in [0.3, 0.4) is 0 Å². The maximum Gasteiger partial charge on any atom is 0.167 e. The first kappa shape index (κ1) is 21.2. The summed E-state index contributed by atoms with van der Waals surface area (Å²) in [7, 11) is 0. The molecule has 5 rings (SSSR count). The van der Waals surface area contributed by atoms with Crippen LogP contribution < -0.4 is 11.1 Å². The molecule has 170 valence electrons. The van der Waals surface area contributed by atoms with Gasteiger partial charge in [0.15, 0.2) is 23.2 Å². The highest BCUT2D eigenvalue weighted by molar-refractivity contribution is 5.83. The smallest absolute Gasteiger partial charge is 0.167 e. The molecule has 4 heterocycles. The Labute approximate surface area is 188 Å². The summed E-state index contributed by atoms with van der Waals surface area (Å²) in [4.78, 5) is 17.1. The van der Waals surface area contributed by atoms with Gasteiger partial charge in [-0.05, 0) is 23.8 Å². The number of rotatable bonds is 6. The first-order valence-corrected chi connectivity index (χ1v) is 10.4. The molecule has 1 aliphatic heterocycles. The van der Waals surface area contributed by atoms with Gasteiger partial charge < -0.3 is 31.1 Å². The number of nitrogens with two attached hydrogens (primary N) is 1. The second-order valence-corrected chi connectivity index (χ2v) is 7.79. The number of aliphatic hydroxyl groups is 3. The van der Waals surface area contributed by atoms with Gasteiger partial charge >= 0.3 is 0 Å². The Bertz CT molecular complexity index is 1270. The van der Waals surface area contributed by atoms with Crippen molar-refractivity contribution in [2.24, 2.45) is 0 Å². The number of hydrogen-bond acceptors (Lipinski definition) is 10. The number of pyridine rings is 1. The summed E-state index contributed by atoms with van der Waals surface area (Å²) in [6.45, 7) is 0.0478. The van der Waals surface area contributed by atoms with Gasteiger partial charge in [-0.3, -0.25) is 9.55 Å². The molecular weight excluding hydrogens is 426 g/mol. The van der Waals surface area contributed by atoms with Crippen molar-refractivity contribution in [1.82, 2.24) is 24.5 Å². The lowest BCUT2D eigenvalue weighted by molar-refractivity contribution is -0.0511. The topological polar surface area (TPSA) is 164 Å². The summed E-state index contributed by atoms with van der Waals surface area (Å²) in [5.41, 5.74) is 10.5. The maximum atomic E-state index is 10.3. The SMILES string of the molecule is Nc1ccc(CNc2ncnc3c2ncn3[C@@H]2O[C@H](CO)[C@@H](O)[C@H]2O)cc1-c1cccnc1. The Kier molecular flexibility index (Phi) is 5.60. The molecule has 1 saturated heterocycles. The van der Waals surface area contributed by atoms with Gasteiger partial charge in [0.05, 0.1) is 12.9 Å². The van der Waals surface area contributed by atoms with Crippen LogP contribution in [0.15, 0.2) is 55.4 Å². The number of nitrogen functional groups attached to an aromatic ring is 1. The molecule has 0 unspecified atom stereocenters. The molecular formula is C22H23N7O4. The van der Waals surface area contributed by atoms with Crippen LogP contribution >= 0.6 is 0 Å². The van der Waals surface area contributed by atoms with Crippen LogP contribution in [-0.4, -0.2) is 64.7 Å². The van der Waals surface area contributed by atoms with E-state index in [9.17, 15) is 15.3 Å². The van der Waals surface area contributed by atoms with Crippen LogP contribution in [0.2, 0.25) is 0 Å². The van der Waals surface area contributed by atoms with Crippen molar-refractivity contribution in [3.8, 4) is 11.1 Å². The van der Waals surface area contributed by atoms with E-state index in [4.69, 9.17) is 10.5 Å². The predicted octanol–water partition coefficient (Wildman–Crippen LogP) is 0.694. The van der Waals surface area contributed by atoms with Gasteiger partial charge in [-0.25, -0.2) is 15.0 Å². The van der Waals surface area contributed by atoms with Gasteiger partial charge in [-0.15, -0.1) is 0 Å². The van der Waals surface area contributed by atoms with Crippen LogP contribution in [0.4, 0.5) is 11.5 Å². The molecule has 1 aromatic carbocycles. The van der Waals surface area contributed by atoms with E-state index >= 15 is 0 Å². The molecule has 33 heavy (non-hydrogen) atoms. The summed E-state index contributed by atoms with van der Waals surface area (Å²) in [5, 5.41) is 33.0. The van der Waals surface area contributed by atoms with Gasteiger partial charge in [0.1, 0.15) is 24.6 Å². The molecule has 11 heteroatoms. The molecule has 0 amide bonds. The lowest BCUT2D eigenvalue weighted by Crippen LogP contribution is -2.33. The first-order valence-electron chi connectivity index (χ1n) is 10.4. The Morgan fingerprint density at radius 2 is 2.00 bits per heavy atom. The number of hydrogen-bond donors (Lipinski definition) is 5. The van der Waals surface area contributed by atoms with Gasteiger partial charge in [0.2, 0.25) is 0 Å². The number of benzene rings is 1. The number of ether oxygens (including phenoxy) is 1. The van der Waals surface area contributed by atoms with Crippen molar-refractivity contribution in [3.63, 3.8) is 0 Å². The Balaban J connectivity index is 1.39. The van der Waals surface area contributed by atoms with E-state index in [-0.39, 0.29) is 0 Å². The first-order chi connectivity index (χ1) is 16.1. The maximum absolute atomic E-state index is 10.3. The molecule has 0 radical (unpaired) electrons. The normalized spacial score (nSPS) is 22.6. The highest BCUT2D eigenvalue weighted by Gasteiger charge is 2.44. The molecule has 6 N–H and O–H groups in total. The Morgan fingerprint density at radius 1 is 1.12 bits per heavy atom. The zero-order chi connectivity index (χ0) is 22.9. The molecule has 0 spiro atoms. The minimum atomic E-state index is -1.23. The number of aliphatic hydroxyl groups excluding tert-OH is 3. The third kappa shape index (κ3) is 3.87. The molecule has 1 fully saturated rings. The van der Waals surface area contributed by atoms with Gasteiger partial charge in [-0.2, -0.15) is 0 Å². The highest BCUT2D eigenvalue weighted by Crippen LogP contribution is 2.32. The number of nitrogens with zero attached hydrogens (tertiary/aromatic N) is 5. The summed E-state index contributed by atoms with van der Waals surface area (Å²) >= 11 is 0. The van der Waals surface area contributed by atoms with Crippen LogP contribution in [0, 0.1) is 0 Å². The minimum absolute atomic E-state index is 0.411.